The van der Waals surface area contributed by atoms with Crippen molar-refractivity contribution >= 4 is 21.9 Å². The van der Waals surface area contributed by atoms with E-state index in [4.69, 9.17) is 5.14 Å². The number of benzene rings is 1. The Labute approximate surface area is 209 Å². The number of hydrogen-bond donors (Lipinski definition) is 2. The summed E-state index contributed by atoms with van der Waals surface area (Å²) in [5.74, 6) is -0.931. The molecule has 37 heavy (non-hydrogen) atoms. The second-order valence-corrected chi connectivity index (χ2v) is 9.81. The molecule has 3 aromatic rings. The number of nitrogens with two attached hydrogens (primary N) is 1. The van der Waals surface area contributed by atoms with Crippen molar-refractivity contribution in [1.29, 1.82) is 0 Å². The summed E-state index contributed by atoms with van der Waals surface area (Å²) in [6.45, 7) is -0.266. The first-order chi connectivity index (χ1) is 17.4. The second kappa shape index (κ2) is 10.5. The molecule has 1 saturated carbocycles. The Kier molecular flexibility index (Phi) is 7.57. The molecule has 0 amide bonds. The summed E-state index contributed by atoms with van der Waals surface area (Å²) in [5, 5.41) is 11.9. The first kappa shape index (κ1) is 26.6. The zero-order valence-corrected chi connectivity index (χ0v) is 19.9. The number of ketones is 1. The summed E-state index contributed by atoms with van der Waals surface area (Å²) in [6, 6.07) is 5.41. The van der Waals surface area contributed by atoms with Gasteiger partial charge in [-0.3, -0.25) is 13.7 Å². The fourth-order valence-corrected chi connectivity index (χ4v) is 4.47. The van der Waals surface area contributed by atoms with Crippen LogP contribution in [0, 0.1) is 5.92 Å². The zero-order chi connectivity index (χ0) is 26.8. The molecule has 1 aliphatic rings. The highest BCUT2D eigenvalue weighted by molar-refractivity contribution is 7.84. The number of hydrogen-bond acceptors (Lipinski definition) is 8. The van der Waals surface area contributed by atoms with Gasteiger partial charge in [0.15, 0.2) is 0 Å². The number of nitrogens with one attached hydrogen (secondary N) is 1. The molecule has 0 bridgehead atoms. The third-order valence-corrected chi connectivity index (χ3v) is 6.27. The van der Waals surface area contributed by atoms with E-state index in [9.17, 15) is 30.8 Å². The van der Waals surface area contributed by atoms with E-state index in [0.29, 0.717) is 5.56 Å². The third kappa shape index (κ3) is 6.87. The summed E-state index contributed by atoms with van der Waals surface area (Å²) in [5.41, 5.74) is -0.434. The minimum Gasteiger partial charge on any atom is -0.364 e. The molecule has 2 aromatic heterocycles. The van der Waals surface area contributed by atoms with E-state index in [1.165, 1.54) is 41.6 Å². The second-order valence-electron chi connectivity index (χ2n) is 8.59. The maximum absolute atomic E-state index is 14.6. The van der Waals surface area contributed by atoms with Crippen molar-refractivity contribution in [1.82, 2.24) is 19.7 Å². The van der Waals surface area contributed by atoms with Crippen LogP contribution in [0.15, 0.2) is 49.1 Å². The molecule has 4 rings (SSSR count). The van der Waals surface area contributed by atoms with Gasteiger partial charge in [-0.2, -0.15) is 26.7 Å². The number of halogens is 4. The fourth-order valence-electron chi connectivity index (χ4n) is 4.09. The van der Waals surface area contributed by atoms with Crippen LogP contribution in [0.4, 0.5) is 23.4 Å². The lowest BCUT2D eigenvalue weighted by Crippen LogP contribution is -2.27. The van der Waals surface area contributed by atoms with Crippen LogP contribution in [-0.2, 0) is 27.2 Å². The van der Waals surface area contributed by atoms with Gasteiger partial charge in [-0.15, -0.1) is 0 Å². The molecule has 3 unspecified atom stereocenters. The minimum atomic E-state index is -4.48. The fraction of sp³-hybridized carbons (Fsp3) is 0.364. The number of carbonyl (C=O) groups is 1. The van der Waals surface area contributed by atoms with E-state index in [0.717, 1.165) is 12.1 Å². The summed E-state index contributed by atoms with van der Waals surface area (Å²) < 4.78 is 81.4. The topological polar surface area (TPSA) is 142 Å². The van der Waals surface area contributed by atoms with Crippen LogP contribution in [-0.4, -0.2) is 52.8 Å². The molecule has 198 valence electrons. The lowest BCUT2D eigenvalue weighted by molar-refractivity contribution is -0.137. The van der Waals surface area contributed by atoms with Crippen LogP contribution in [0.1, 0.15) is 40.0 Å². The van der Waals surface area contributed by atoms with Crippen molar-refractivity contribution in [2.24, 2.45) is 11.1 Å². The van der Waals surface area contributed by atoms with Gasteiger partial charge >= 0.3 is 16.5 Å². The molecule has 2 heterocycles. The molecule has 0 spiro atoms. The highest BCUT2D eigenvalue weighted by Gasteiger charge is 2.36. The molecular formula is C22H22F4N6O4S. The summed E-state index contributed by atoms with van der Waals surface area (Å²) >= 11 is 0. The molecule has 1 fully saturated rings. The molecule has 0 radical (unpaired) electrons. The van der Waals surface area contributed by atoms with Gasteiger partial charge in [0, 0.05) is 12.4 Å². The molecule has 1 aliphatic carbocycles. The summed E-state index contributed by atoms with van der Waals surface area (Å²) in [6.07, 6.45) is -1.73. The van der Waals surface area contributed by atoms with Gasteiger partial charge in [0.05, 0.1) is 30.3 Å². The summed E-state index contributed by atoms with van der Waals surface area (Å²) in [7, 11) is -4.15. The molecule has 15 heteroatoms. The normalized spacial score (nSPS) is 20.2. The van der Waals surface area contributed by atoms with E-state index in [2.05, 4.69) is 24.6 Å². The van der Waals surface area contributed by atoms with Crippen LogP contribution < -0.4 is 10.5 Å². The van der Waals surface area contributed by atoms with Crippen molar-refractivity contribution in [2.45, 2.75) is 37.8 Å². The van der Waals surface area contributed by atoms with Gasteiger partial charge in [-0.1, -0.05) is 12.1 Å². The standard InChI is InChI=1S/C22H22F4N6O4S/c23-17-7-14(11-36-37(27,34)35)8-19(17)30-21-16(9-28-12-29-21)20(33)18-4-5-32(31-18)10-13-2-1-3-15(6-13)22(24,25)26/h1-6,9,12,14,17,19H,7-8,10-11H2,(H2,27,34,35)(H,28,29,30). The number of alkyl halides is 4. The predicted octanol–water partition coefficient (Wildman–Crippen LogP) is 2.72. The average Bonchev–Trinajstić information content (AvgIpc) is 3.43. The van der Waals surface area contributed by atoms with Crippen LogP contribution in [0.3, 0.4) is 0 Å². The molecular weight excluding hydrogens is 520 g/mol. The molecule has 0 aliphatic heterocycles. The molecule has 10 nitrogen and oxygen atoms in total. The number of nitrogens with zero attached hydrogens (tertiary/aromatic N) is 4. The van der Waals surface area contributed by atoms with Crippen LogP contribution in [0.2, 0.25) is 0 Å². The van der Waals surface area contributed by atoms with Gasteiger partial charge in [0.1, 0.15) is 24.0 Å². The molecule has 0 saturated heterocycles. The monoisotopic (exact) mass is 542 g/mol. The van der Waals surface area contributed by atoms with E-state index in [-0.39, 0.29) is 43.1 Å². The number of anilines is 1. The van der Waals surface area contributed by atoms with Crippen LogP contribution >= 0.6 is 0 Å². The lowest BCUT2D eigenvalue weighted by atomic mass is 10.1. The van der Waals surface area contributed by atoms with Crippen LogP contribution in [0.5, 0.6) is 0 Å². The zero-order valence-electron chi connectivity index (χ0n) is 19.1. The largest absolute Gasteiger partial charge is 0.416 e. The first-order valence-electron chi connectivity index (χ1n) is 11.0. The smallest absolute Gasteiger partial charge is 0.364 e. The SMILES string of the molecule is NS(=O)(=O)OCC1CC(F)C(Nc2ncncc2C(=O)c2ccn(Cc3cccc(C(F)(F)F)c3)n2)C1. The highest BCUT2D eigenvalue weighted by Crippen LogP contribution is 2.32. The van der Waals surface area contributed by atoms with Gasteiger partial charge < -0.3 is 5.32 Å². The lowest BCUT2D eigenvalue weighted by Gasteiger charge is -2.17. The Balaban J connectivity index is 1.45. The molecule has 1 aromatic carbocycles. The average molecular weight is 543 g/mol. The third-order valence-electron chi connectivity index (χ3n) is 5.80. The first-order valence-corrected chi connectivity index (χ1v) is 12.5. The van der Waals surface area contributed by atoms with Crippen molar-refractivity contribution in [3.05, 3.63) is 71.4 Å². The maximum atomic E-state index is 14.6. The molecule has 3 atom stereocenters. The number of carbonyl (C=O) groups excluding carboxylic acids is 1. The Morgan fingerprint density at radius 3 is 2.76 bits per heavy atom. The quantitative estimate of drug-likeness (QED) is 0.311. The van der Waals surface area contributed by atoms with E-state index in [1.54, 1.807) is 0 Å². The van der Waals surface area contributed by atoms with Crippen LogP contribution in [0.25, 0.3) is 0 Å². The minimum absolute atomic E-state index is 0.00117. The maximum Gasteiger partial charge on any atom is 0.416 e. The van der Waals surface area contributed by atoms with E-state index >= 15 is 0 Å². The Bertz CT molecular complexity index is 1380. The van der Waals surface area contributed by atoms with Gasteiger partial charge in [0.2, 0.25) is 5.78 Å². The van der Waals surface area contributed by atoms with Crippen molar-refractivity contribution in [3.8, 4) is 0 Å². The van der Waals surface area contributed by atoms with E-state index < -0.39 is 46.0 Å². The number of rotatable bonds is 9. The highest BCUT2D eigenvalue weighted by atomic mass is 32.2. The van der Waals surface area contributed by atoms with Crippen molar-refractivity contribution < 1.29 is 35.0 Å². The van der Waals surface area contributed by atoms with E-state index in [1.807, 2.05) is 0 Å². The van der Waals surface area contributed by atoms with Crippen molar-refractivity contribution in [3.63, 3.8) is 0 Å². The van der Waals surface area contributed by atoms with Gasteiger partial charge in [-0.05, 0) is 42.5 Å². The van der Waals surface area contributed by atoms with Gasteiger partial charge in [0.25, 0.3) is 0 Å². The predicted molar refractivity (Wildman–Crippen MR) is 122 cm³/mol. The van der Waals surface area contributed by atoms with Gasteiger partial charge in [-0.25, -0.2) is 19.5 Å². The Morgan fingerprint density at radius 1 is 1.24 bits per heavy atom. The summed E-state index contributed by atoms with van der Waals surface area (Å²) in [4.78, 5) is 21.0. The Hall–Kier alpha value is -3.43. The van der Waals surface area contributed by atoms with Crippen molar-refractivity contribution in [2.75, 3.05) is 11.9 Å². The molecule has 3 N–H and O–H groups in total. The Morgan fingerprint density at radius 2 is 2.03 bits per heavy atom. The number of aromatic nitrogens is 4.